The largest absolute Gasteiger partial charge is 0.497 e. The summed E-state index contributed by atoms with van der Waals surface area (Å²) in [6.07, 6.45) is 4.47. The predicted octanol–water partition coefficient (Wildman–Crippen LogP) is 3.49. The van der Waals surface area contributed by atoms with Gasteiger partial charge < -0.3 is 15.2 Å². The van der Waals surface area contributed by atoms with Crippen LogP contribution < -0.4 is 10.1 Å². The van der Waals surface area contributed by atoms with Gasteiger partial charge >= 0.3 is 0 Å². The third-order valence-electron chi connectivity index (χ3n) is 4.44. The third-order valence-corrected chi connectivity index (χ3v) is 5.21. The molecule has 0 amide bonds. The second-order valence-corrected chi connectivity index (χ2v) is 6.79. The molecule has 0 aliphatic heterocycles. The minimum absolute atomic E-state index is 0.116. The summed E-state index contributed by atoms with van der Waals surface area (Å²) in [6.45, 7) is 3.24. The topological polar surface area (TPSA) is 41.5 Å². The lowest BCUT2D eigenvalue weighted by Crippen LogP contribution is -2.50. The zero-order valence-corrected chi connectivity index (χ0v) is 13.9. The second-order valence-electron chi connectivity index (χ2n) is 5.93. The quantitative estimate of drug-likeness (QED) is 0.861. The molecule has 0 atom stereocenters. The Morgan fingerprint density at radius 3 is 2.70 bits per heavy atom. The Bertz CT molecular complexity index is 442. The molecular weight excluding hydrogens is 318 g/mol. The summed E-state index contributed by atoms with van der Waals surface area (Å²) in [6, 6.07) is 5.98. The molecule has 1 aliphatic carbocycles. The normalized spacial score (nSPS) is 26.5. The number of aliphatic hydroxyl groups excluding tert-OH is 1. The van der Waals surface area contributed by atoms with Gasteiger partial charge in [0.25, 0.3) is 0 Å². The van der Waals surface area contributed by atoms with Crippen molar-refractivity contribution in [3.05, 3.63) is 28.2 Å². The molecule has 0 aromatic heterocycles. The first-order valence-electron chi connectivity index (χ1n) is 7.27. The number of rotatable bonds is 5. The molecule has 1 aliphatic rings. The van der Waals surface area contributed by atoms with Crippen molar-refractivity contribution < 1.29 is 9.84 Å². The third kappa shape index (κ3) is 3.74. The molecular formula is C16H24BrNO2. The number of halogens is 1. The number of methoxy groups -OCH3 is 1. The van der Waals surface area contributed by atoms with Crippen LogP contribution in [0, 0.1) is 5.92 Å². The van der Waals surface area contributed by atoms with Crippen LogP contribution in [0.5, 0.6) is 5.75 Å². The van der Waals surface area contributed by atoms with Gasteiger partial charge in [0, 0.05) is 16.6 Å². The average molecular weight is 342 g/mol. The molecule has 4 heteroatoms. The minimum atomic E-state index is -0.116. The highest BCUT2D eigenvalue weighted by molar-refractivity contribution is 9.10. The maximum atomic E-state index is 9.78. The molecule has 2 N–H and O–H groups in total. The minimum Gasteiger partial charge on any atom is -0.497 e. The summed E-state index contributed by atoms with van der Waals surface area (Å²) in [4.78, 5) is 0. The van der Waals surface area contributed by atoms with Crippen molar-refractivity contribution in [3.8, 4) is 5.75 Å². The highest BCUT2D eigenvalue weighted by Gasteiger charge is 2.33. The van der Waals surface area contributed by atoms with Crippen LogP contribution in [0.1, 0.15) is 38.2 Å². The van der Waals surface area contributed by atoms with Gasteiger partial charge in [0.05, 0.1) is 13.7 Å². The van der Waals surface area contributed by atoms with Gasteiger partial charge in [-0.3, -0.25) is 0 Å². The van der Waals surface area contributed by atoms with E-state index < -0.39 is 0 Å². The zero-order chi connectivity index (χ0) is 14.6. The number of aliphatic hydroxyl groups is 1. The number of nitrogens with one attached hydrogen (secondary N) is 1. The fraction of sp³-hybridized carbons (Fsp3) is 0.625. The Morgan fingerprint density at radius 2 is 2.10 bits per heavy atom. The van der Waals surface area contributed by atoms with E-state index in [9.17, 15) is 5.11 Å². The summed E-state index contributed by atoms with van der Waals surface area (Å²) in [5, 5.41) is 13.4. The van der Waals surface area contributed by atoms with E-state index in [0.29, 0.717) is 0 Å². The molecule has 0 radical (unpaired) electrons. The van der Waals surface area contributed by atoms with Gasteiger partial charge in [-0.05, 0) is 55.4 Å². The fourth-order valence-corrected chi connectivity index (χ4v) is 3.19. The van der Waals surface area contributed by atoms with Gasteiger partial charge in [-0.15, -0.1) is 0 Å². The van der Waals surface area contributed by atoms with E-state index in [2.05, 4.69) is 28.2 Å². The predicted molar refractivity (Wildman–Crippen MR) is 85.0 cm³/mol. The summed E-state index contributed by atoms with van der Waals surface area (Å²) in [5.41, 5.74) is 1.05. The van der Waals surface area contributed by atoms with E-state index >= 15 is 0 Å². The average Bonchev–Trinajstić information content (AvgIpc) is 2.48. The Hall–Kier alpha value is -0.580. The van der Waals surface area contributed by atoms with Gasteiger partial charge in [0.2, 0.25) is 0 Å². The van der Waals surface area contributed by atoms with Crippen LogP contribution in [0.25, 0.3) is 0 Å². The molecule has 1 aromatic rings. The van der Waals surface area contributed by atoms with E-state index in [1.165, 1.54) is 12.8 Å². The first-order chi connectivity index (χ1) is 9.58. The number of hydrogen-bond donors (Lipinski definition) is 2. The monoisotopic (exact) mass is 341 g/mol. The summed E-state index contributed by atoms with van der Waals surface area (Å²) < 4.78 is 6.34. The molecule has 0 bridgehead atoms. The summed E-state index contributed by atoms with van der Waals surface area (Å²) in [7, 11) is 1.68. The molecule has 0 saturated heterocycles. The van der Waals surface area contributed by atoms with E-state index in [4.69, 9.17) is 4.74 Å². The zero-order valence-electron chi connectivity index (χ0n) is 12.3. The van der Waals surface area contributed by atoms with E-state index in [1.54, 1.807) is 7.11 Å². The van der Waals surface area contributed by atoms with Gasteiger partial charge in [-0.1, -0.05) is 22.9 Å². The SMILES string of the molecule is COc1ccc(Br)c(CNC2(CO)CCC(C)CC2)c1. The molecule has 0 spiro atoms. The molecule has 20 heavy (non-hydrogen) atoms. The summed E-state index contributed by atoms with van der Waals surface area (Å²) in [5.74, 6) is 1.64. The Balaban J connectivity index is 2.03. The second kappa shape index (κ2) is 6.92. The van der Waals surface area contributed by atoms with E-state index in [1.807, 2.05) is 18.2 Å². The van der Waals surface area contributed by atoms with Gasteiger partial charge in [0.15, 0.2) is 0 Å². The highest BCUT2D eigenvalue weighted by Crippen LogP contribution is 2.32. The standard InChI is InChI=1S/C16H24BrNO2/c1-12-5-7-16(11-19,8-6-12)18-10-13-9-14(20-2)3-4-15(13)17/h3-4,9,12,18-19H,5-8,10-11H2,1-2H3. The fourth-order valence-electron chi connectivity index (χ4n) is 2.80. The van der Waals surface area contributed by atoms with Crippen LogP contribution in [0.15, 0.2) is 22.7 Å². The maximum Gasteiger partial charge on any atom is 0.119 e. The van der Waals surface area contributed by atoms with Crippen LogP contribution >= 0.6 is 15.9 Å². The van der Waals surface area contributed by atoms with Crippen molar-refractivity contribution in [2.75, 3.05) is 13.7 Å². The Kier molecular flexibility index (Phi) is 5.47. The number of hydrogen-bond acceptors (Lipinski definition) is 3. The number of benzene rings is 1. The van der Waals surface area contributed by atoms with Gasteiger partial charge in [-0.2, -0.15) is 0 Å². The van der Waals surface area contributed by atoms with Crippen LogP contribution in [-0.4, -0.2) is 24.4 Å². The molecule has 1 fully saturated rings. The number of ether oxygens (including phenoxy) is 1. The van der Waals surface area contributed by atoms with Crippen LogP contribution in [0.4, 0.5) is 0 Å². The molecule has 3 nitrogen and oxygen atoms in total. The molecule has 1 saturated carbocycles. The van der Waals surface area contributed by atoms with E-state index in [0.717, 1.165) is 41.1 Å². The van der Waals surface area contributed by atoms with Crippen molar-refractivity contribution in [1.29, 1.82) is 0 Å². The first kappa shape index (κ1) is 15.8. The maximum absolute atomic E-state index is 9.78. The lowest BCUT2D eigenvalue weighted by Gasteiger charge is -2.39. The van der Waals surface area contributed by atoms with Crippen molar-refractivity contribution >= 4 is 15.9 Å². The Labute approximate surface area is 129 Å². The molecule has 112 valence electrons. The molecule has 2 rings (SSSR count). The lowest BCUT2D eigenvalue weighted by molar-refractivity contribution is 0.104. The lowest BCUT2D eigenvalue weighted by atomic mass is 9.77. The highest BCUT2D eigenvalue weighted by atomic mass is 79.9. The van der Waals surface area contributed by atoms with Crippen LogP contribution in [-0.2, 0) is 6.54 Å². The molecule has 1 aromatic carbocycles. The summed E-state index contributed by atoms with van der Waals surface area (Å²) >= 11 is 3.58. The van der Waals surface area contributed by atoms with Gasteiger partial charge in [-0.25, -0.2) is 0 Å². The van der Waals surface area contributed by atoms with Crippen molar-refractivity contribution in [2.24, 2.45) is 5.92 Å². The first-order valence-corrected chi connectivity index (χ1v) is 8.06. The molecule has 0 unspecified atom stereocenters. The van der Waals surface area contributed by atoms with Crippen molar-refractivity contribution in [2.45, 2.75) is 44.7 Å². The van der Waals surface area contributed by atoms with Crippen molar-refractivity contribution in [1.82, 2.24) is 5.32 Å². The van der Waals surface area contributed by atoms with Crippen LogP contribution in [0.2, 0.25) is 0 Å². The van der Waals surface area contributed by atoms with Crippen LogP contribution in [0.3, 0.4) is 0 Å². The van der Waals surface area contributed by atoms with Crippen molar-refractivity contribution in [3.63, 3.8) is 0 Å². The Morgan fingerprint density at radius 1 is 1.40 bits per heavy atom. The molecule has 0 heterocycles. The van der Waals surface area contributed by atoms with E-state index in [-0.39, 0.29) is 12.1 Å². The van der Waals surface area contributed by atoms with Gasteiger partial charge in [0.1, 0.15) is 5.75 Å². The smallest absolute Gasteiger partial charge is 0.119 e.